The Hall–Kier alpha value is -1.50. The zero-order valence-electron chi connectivity index (χ0n) is 13.7. The maximum Gasteiger partial charge on any atom is 0.409 e. The van der Waals surface area contributed by atoms with Crippen LogP contribution >= 0.6 is 0 Å². The first kappa shape index (κ1) is 16.4. The number of hydrogen-bond donors (Lipinski definition) is 1. The van der Waals surface area contributed by atoms with Crippen LogP contribution in [0.1, 0.15) is 45.4 Å². The Balaban J connectivity index is 1.67. The van der Waals surface area contributed by atoms with E-state index in [0.717, 1.165) is 38.5 Å². The molecule has 2 bridgehead atoms. The Labute approximate surface area is 136 Å². The fourth-order valence-corrected chi connectivity index (χ4v) is 3.66. The highest BCUT2D eigenvalue weighted by Crippen LogP contribution is 2.40. The summed E-state index contributed by atoms with van der Waals surface area (Å²) in [6, 6.07) is -0.150. The molecule has 2 unspecified atom stereocenters. The van der Waals surface area contributed by atoms with Crippen molar-refractivity contribution in [1.29, 1.82) is 0 Å². The molecular weight excluding hydrogens is 300 g/mol. The van der Waals surface area contributed by atoms with Crippen LogP contribution in [0.2, 0.25) is 0 Å². The van der Waals surface area contributed by atoms with Gasteiger partial charge in [0.25, 0.3) is 0 Å². The first-order valence-electron chi connectivity index (χ1n) is 8.61. The van der Waals surface area contributed by atoms with E-state index in [0.29, 0.717) is 26.3 Å². The third kappa shape index (κ3) is 3.39. The molecule has 7 nitrogen and oxygen atoms in total. The van der Waals surface area contributed by atoms with Crippen molar-refractivity contribution < 1.29 is 24.2 Å². The number of piperazine rings is 1. The number of hydrogen-bond acceptors (Lipinski definition) is 4. The van der Waals surface area contributed by atoms with Crippen molar-refractivity contribution >= 4 is 12.2 Å². The quantitative estimate of drug-likeness (QED) is 0.758. The Bertz CT molecular complexity index is 467. The summed E-state index contributed by atoms with van der Waals surface area (Å²) >= 11 is 0. The molecule has 0 aromatic rings. The molecular formula is C16H26N2O5. The fraction of sp³-hybridized carbons (Fsp3) is 0.875. The minimum absolute atomic E-state index is 0.150. The Morgan fingerprint density at radius 2 is 2.09 bits per heavy atom. The lowest BCUT2D eigenvalue weighted by Gasteiger charge is -2.47. The molecule has 1 aliphatic carbocycles. The van der Waals surface area contributed by atoms with E-state index in [-0.39, 0.29) is 18.2 Å². The molecule has 7 heteroatoms. The first-order chi connectivity index (χ1) is 11.1. The molecule has 3 fully saturated rings. The van der Waals surface area contributed by atoms with Gasteiger partial charge in [-0.15, -0.1) is 0 Å². The van der Waals surface area contributed by atoms with Crippen molar-refractivity contribution in [3.63, 3.8) is 0 Å². The molecule has 23 heavy (non-hydrogen) atoms. The maximum atomic E-state index is 12.3. The molecule has 3 rings (SSSR count). The van der Waals surface area contributed by atoms with Gasteiger partial charge in [0, 0.05) is 13.1 Å². The molecule has 2 saturated heterocycles. The van der Waals surface area contributed by atoms with Gasteiger partial charge in [0.05, 0.1) is 30.9 Å². The molecule has 0 radical (unpaired) electrons. The van der Waals surface area contributed by atoms with Gasteiger partial charge in [0.15, 0.2) is 0 Å². The molecule has 1 saturated carbocycles. The van der Waals surface area contributed by atoms with E-state index in [4.69, 9.17) is 9.47 Å². The van der Waals surface area contributed by atoms with E-state index in [1.54, 1.807) is 4.90 Å². The molecule has 2 amide bonds. The summed E-state index contributed by atoms with van der Waals surface area (Å²) in [5.41, 5.74) is -0.610. The Morgan fingerprint density at radius 1 is 1.30 bits per heavy atom. The van der Waals surface area contributed by atoms with Gasteiger partial charge >= 0.3 is 12.2 Å². The van der Waals surface area contributed by atoms with Crippen molar-refractivity contribution in [2.75, 3.05) is 26.3 Å². The van der Waals surface area contributed by atoms with Gasteiger partial charge in [-0.05, 0) is 32.1 Å². The molecule has 2 aliphatic heterocycles. The van der Waals surface area contributed by atoms with Crippen LogP contribution in [0.4, 0.5) is 9.59 Å². The first-order valence-corrected chi connectivity index (χ1v) is 8.61. The number of nitrogens with zero attached hydrogens (tertiary/aromatic N) is 2. The number of amides is 2. The van der Waals surface area contributed by atoms with E-state index in [9.17, 15) is 14.7 Å². The topological polar surface area (TPSA) is 79.3 Å². The standard InChI is InChI=1S/C16H26N2O5/c1-2-3-8-22-15(21)17-9-12-6-7-16(10-17,18(12)14(19)20)11-23-13-4-5-13/h12-13H,2-11H2,1H3,(H,19,20). The van der Waals surface area contributed by atoms with Crippen LogP contribution in [-0.4, -0.2) is 71.1 Å². The normalized spacial score (nSPS) is 29.7. The Kier molecular flexibility index (Phi) is 4.66. The highest BCUT2D eigenvalue weighted by molar-refractivity contribution is 5.71. The van der Waals surface area contributed by atoms with Gasteiger partial charge < -0.3 is 19.5 Å². The summed E-state index contributed by atoms with van der Waals surface area (Å²) in [7, 11) is 0. The minimum atomic E-state index is -0.911. The predicted octanol–water partition coefficient (Wildman–Crippen LogP) is 2.30. The van der Waals surface area contributed by atoms with Gasteiger partial charge in [-0.1, -0.05) is 13.3 Å². The van der Waals surface area contributed by atoms with Gasteiger partial charge in [-0.3, -0.25) is 4.90 Å². The van der Waals surface area contributed by atoms with Gasteiger partial charge in [0.1, 0.15) is 0 Å². The lowest BCUT2D eigenvalue weighted by molar-refractivity contribution is -0.0428. The predicted molar refractivity (Wildman–Crippen MR) is 82.4 cm³/mol. The molecule has 2 atom stereocenters. The smallest absolute Gasteiger partial charge is 0.409 e. The summed E-state index contributed by atoms with van der Waals surface area (Å²) in [4.78, 5) is 27.2. The van der Waals surface area contributed by atoms with Crippen molar-refractivity contribution in [3.05, 3.63) is 0 Å². The Morgan fingerprint density at radius 3 is 2.74 bits per heavy atom. The minimum Gasteiger partial charge on any atom is -0.465 e. The van der Waals surface area contributed by atoms with Crippen LogP contribution in [0.15, 0.2) is 0 Å². The second kappa shape index (κ2) is 6.55. The molecule has 3 aliphatic rings. The number of ether oxygens (including phenoxy) is 2. The maximum absolute atomic E-state index is 12.3. The van der Waals surface area contributed by atoms with Crippen LogP contribution in [0.3, 0.4) is 0 Å². The summed E-state index contributed by atoms with van der Waals surface area (Å²) in [5.74, 6) is 0. The van der Waals surface area contributed by atoms with E-state index in [1.807, 2.05) is 6.92 Å². The fourth-order valence-electron chi connectivity index (χ4n) is 3.66. The SMILES string of the molecule is CCCCOC(=O)N1CC2CCC(COC3CC3)(C1)N2C(=O)O. The van der Waals surface area contributed by atoms with Crippen LogP contribution in [0.5, 0.6) is 0 Å². The second-order valence-corrected chi connectivity index (χ2v) is 6.93. The third-order valence-electron chi connectivity index (χ3n) is 5.04. The van der Waals surface area contributed by atoms with Crippen molar-refractivity contribution in [3.8, 4) is 0 Å². The molecule has 0 aromatic carbocycles. The third-order valence-corrected chi connectivity index (χ3v) is 5.04. The zero-order chi connectivity index (χ0) is 16.4. The van der Waals surface area contributed by atoms with Crippen LogP contribution in [0, 0.1) is 0 Å². The number of fused-ring (bicyclic) bond motifs is 2. The van der Waals surface area contributed by atoms with Crippen molar-refractivity contribution in [2.24, 2.45) is 0 Å². The van der Waals surface area contributed by atoms with Gasteiger partial charge in [-0.2, -0.15) is 0 Å². The van der Waals surface area contributed by atoms with Crippen molar-refractivity contribution in [2.45, 2.75) is 63.1 Å². The van der Waals surface area contributed by atoms with Crippen LogP contribution < -0.4 is 0 Å². The van der Waals surface area contributed by atoms with E-state index in [1.165, 1.54) is 4.90 Å². The highest BCUT2D eigenvalue weighted by atomic mass is 16.6. The van der Waals surface area contributed by atoms with Crippen molar-refractivity contribution in [1.82, 2.24) is 9.80 Å². The van der Waals surface area contributed by atoms with Gasteiger partial charge in [-0.25, -0.2) is 9.59 Å². The van der Waals surface area contributed by atoms with E-state index in [2.05, 4.69) is 0 Å². The number of carbonyl (C=O) groups is 2. The number of carbonyl (C=O) groups excluding carboxylic acids is 1. The average molecular weight is 326 g/mol. The summed E-state index contributed by atoms with van der Waals surface area (Å²) < 4.78 is 11.1. The summed E-state index contributed by atoms with van der Waals surface area (Å²) in [6.07, 6.45) is 4.48. The lowest BCUT2D eigenvalue weighted by Crippen LogP contribution is -2.65. The number of likely N-dealkylation sites (tertiary alicyclic amines) is 1. The summed E-state index contributed by atoms with van der Waals surface area (Å²) in [6.45, 7) is 3.63. The monoisotopic (exact) mass is 326 g/mol. The zero-order valence-corrected chi connectivity index (χ0v) is 13.7. The molecule has 0 spiro atoms. The lowest BCUT2D eigenvalue weighted by atomic mass is 9.96. The van der Waals surface area contributed by atoms with Gasteiger partial charge in [0.2, 0.25) is 0 Å². The second-order valence-electron chi connectivity index (χ2n) is 6.93. The summed E-state index contributed by atoms with van der Waals surface area (Å²) in [5, 5.41) is 9.60. The highest BCUT2D eigenvalue weighted by Gasteiger charge is 2.55. The van der Waals surface area contributed by atoms with Crippen LogP contribution in [-0.2, 0) is 9.47 Å². The molecule has 1 N–H and O–H groups in total. The number of carboxylic acid groups (broad SMARTS) is 1. The average Bonchev–Trinajstić information content (AvgIpc) is 3.31. The van der Waals surface area contributed by atoms with Crippen LogP contribution in [0.25, 0.3) is 0 Å². The number of unbranched alkanes of at least 4 members (excludes halogenated alkanes) is 1. The number of rotatable bonds is 6. The molecule has 130 valence electrons. The molecule has 2 heterocycles. The van der Waals surface area contributed by atoms with E-state index >= 15 is 0 Å². The molecule has 0 aromatic heterocycles. The van der Waals surface area contributed by atoms with E-state index < -0.39 is 11.6 Å². The largest absolute Gasteiger partial charge is 0.465 e.